The van der Waals surface area contributed by atoms with Crippen molar-refractivity contribution >= 4 is 75.3 Å². The number of aromatic nitrogens is 19. The number of carbonyl (C=O) groups is 7. The number of nitrogens with two attached hydrogens (primary N) is 1. The molecule has 3 atom stereocenters. The number of nitrogens with one attached hydrogen (secondary N) is 2. The predicted octanol–water partition coefficient (Wildman–Crippen LogP) is 13.2. The molecule has 0 bridgehead atoms. The second-order valence-electron chi connectivity index (χ2n) is 30.6. The van der Waals surface area contributed by atoms with Crippen molar-refractivity contribution in [1.29, 1.82) is 0 Å². The van der Waals surface area contributed by atoms with Crippen LogP contribution in [0, 0.1) is 3.70 Å². The number of Topliss-reactive ketones (excluding diaryl/α,β-unsaturated/α-hetero) is 3. The number of carbonyl (C=O) groups excluding carboxylic acids is 7. The lowest BCUT2D eigenvalue weighted by Gasteiger charge is -2.22. The lowest BCUT2D eigenvalue weighted by atomic mass is 9.92. The fourth-order valence-corrected chi connectivity index (χ4v) is 14.4. The number of anilines is 2. The van der Waals surface area contributed by atoms with Crippen LogP contribution in [0.3, 0.4) is 0 Å². The van der Waals surface area contributed by atoms with Gasteiger partial charge in [-0.2, -0.15) is 15.3 Å². The van der Waals surface area contributed by atoms with Gasteiger partial charge in [-0.1, -0.05) is 58.7 Å². The summed E-state index contributed by atoms with van der Waals surface area (Å²) >= 11 is 2.07. The van der Waals surface area contributed by atoms with Crippen LogP contribution < -0.4 is 22.5 Å². The molecule has 0 aliphatic carbocycles. The Labute approximate surface area is 770 Å². The zero-order chi connectivity index (χ0) is 89.4. The van der Waals surface area contributed by atoms with Crippen molar-refractivity contribution in [3.05, 3.63) is 211 Å². The molecular formula is C91H123F3IN23O12. The van der Waals surface area contributed by atoms with E-state index in [4.69, 9.17) is 24.7 Å². The van der Waals surface area contributed by atoms with E-state index < -0.39 is 18.5 Å². The summed E-state index contributed by atoms with van der Waals surface area (Å²) in [7, 11) is 1.39. The van der Waals surface area contributed by atoms with Gasteiger partial charge in [-0.15, -0.1) is 30.6 Å². The van der Waals surface area contributed by atoms with E-state index in [1.807, 2.05) is 60.7 Å². The van der Waals surface area contributed by atoms with E-state index in [0.717, 1.165) is 125 Å². The summed E-state index contributed by atoms with van der Waals surface area (Å²) < 4.78 is 73.7. The Bertz CT molecular complexity index is 4890. The fraction of sp³-hybridized carbons (Fsp3) is 0.505. The van der Waals surface area contributed by atoms with Gasteiger partial charge in [0.1, 0.15) is 39.3 Å². The number of alkyl halides is 3. The average Bonchev–Trinajstić information content (AvgIpc) is 1.36. The number of hydrogen-bond acceptors (Lipinski definition) is 29. The fourth-order valence-electron chi connectivity index (χ4n) is 14.1. The molecule has 4 aliphatic rings. The molecule has 10 aromatic heterocycles. The number of methoxy groups -OCH3 is 1. The quantitative estimate of drug-likeness (QED) is 0.0163. The van der Waals surface area contributed by atoms with Crippen molar-refractivity contribution in [2.45, 2.75) is 240 Å². The number of rotatable bonds is 35. The first-order valence-corrected chi connectivity index (χ1v) is 43.6. The van der Waals surface area contributed by atoms with Gasteiger partial charge in [-0.05, 0) is 243 Å². The van der Waals surface area contributed by atoms with Crippen molar-refractivity contribution in [3.63, 3.8) is 0 Å². The predicted molar refractivity (Wildman–Crippen MR) is 489 cm³/mol. The van der Waals surface area contributed by atoms with Gasteiger partial charge in [-0.3, -0.25) is 53.5 Å². The third-order valence-corrected chi connectivity index (χ3v) is 21.7. The van der Waals surface area contributed by atoms with Gasteiger partial charge in [0.15, 0.2) is 29.0 Å². The minimum absolute atomic E-state index is 0. The second kappa shape index (κ2) is 57.5. The zero-order valence-electron chi connectivity index (χ0n) is 72.0. The molecule has 14 rings (SSSR count). The Kier molecular flexibility index (Phi) is 47.4. The van der Waals surface area contributed by atoms with Crippen LogP contribution in [0.15, 0.2) is 128 Å². The first-order chi connectivity index (χ1) is 61.1. The van der Waals surface area contributed by atoms with Gasteiger partial charge >= 0.3 is 5.97 Å². The number of pyridine rings is 4. The zero-order valence-corrected chi connectivity index (χ0v) is 74.1. The highest BCUT2D eigenvalue weighted by Gasteiger charge is 2.24. The average molecular weight is 1920 g/mol. The third kappa shape index (κ3) is 37.1. The Morgan fingerprint density at radius 2 is 0.708 bits per heavy atom. The van der Waals surface area contributed by atoms with Crippen LogP contribution in [-0.4, -0.2) is 215 Å². The molecule has 3 unspecified atom stereocenters. The normalized spacial score (nSPS) is 14.6. The van der Waals surface area contributed by atoms with E-state index in [2.05, 4.69) is 119 Å². The number of esters is 1. The Hall–Kier alpha value is -11.5. The molecule has 7 N–H and O–H groups in total. The van der Waals surface area contributed by atoms with Crippen molar-refractivity contribution in [2.24, 2.45) is 5.73 Å². The maximum atomic E-state index is 14.4. The standard InChI is InChI=1S/2C25H30FN7O3.C13H15FIN5O.C13H17NO3.C12H16N2O2.3CH4.H3N/c2*1-2-23(34)22-16-33(32-30-22)15-19(26)3-4-20-5-6-24(31-29-20)28-25(35)14-21-13-18(7-10-27-21)17-8-11-36-12-9-17;1-2-12(21)11-8-20(19-17-11)7-9(14)3-4-10-5-6-13(15)18-16-10;1-16-13(15)9-12-8-11(2-5-14-12)10-3-6-17-7-4-10;13-12(15)8-11-7-10(1-4-14-11)9-2-5-16-6-3-9;;;;/h2*5-7,10,13,16-17,19H,2-4,8-9,11-12,14-15H2,1H3,(H,28,31,35);5-6,8-9H,2-4,7H2,1H3;2,5,8,10H,3-4,6-7,9H2,1H3;1,4,7,9H,2-3,5-6,8H2,(H2,13,15);3*1H4;1H3. The van der Waals surface area contributed by atoms with Crippen LogP contribution in [0.2, 0.25) is 0 Å². The number of aryl methyl sites for hydroxylation is 3. The minimum Gasteiger partial charge on any atom is -0.469 e. The number of ketones is 3. The molecule has 0 saturated carbocycles. The van der Waals surface area contributed by atoms with E-state index >= 15 is 0 Å². The SMILES string of the molecule is C.C.C.CCC(=O)c1cn(CC(F)CCc2ccc(I)nn2)nn1.CCC(=O)c1cn(CC(F)CCc2ccc(NC(=O)Cc3cc(C4CCOCC4)ccn3)nn2)nn1.CCC(=O)c1cn(CC(F)CCc2ccc(NC(=O)Cc3cc(C4CCOCC4)ccn3)nn2)nn1.COC(=O)Cc1cc(C2CCOCC2)ccn1.N.NC(=O)Cc1cc(C2CCOCC2)ccn1. The lowest BCUT2D eigenvalue weighted by Crippen LogP contribution is -2.18. The number of primary amides is 1. The van der Waals surface area contributed by atoms with Crippen molar-refractivity contribution < 1.29 is 70.4 Å². The van der Waals surface area contributed by atoms with E-state index in [1.165, 1.54) is 62.0 Å². The first kappa shape index (κ1) is 107. The molecule has 4 aliphatic heterocycles. The summed E-state index contributed by atoms with van der Waals surface area (Å²) in [5, 5.41) is 52.3. The summed E-state index contributed by atoms with van der Waals surface area (Å²) in [6.07, 6.45) is 19.8. The monoisotopic (exact) mass is 1910 g/mol. The highest BCUT2D eigenvalue weighted by Crippen LogP contribution is 2.31. The molecule has 4 saturated heterocycles. The number of nitrogens with zero attached hydrogens (tertiary/aromatic N) is 19. The molecule has 702 valence electrons. The van der Waals surface area contributed by atoms with Gasteiger partial charge in [-0.25, -0.2) is 27.2 Å². The third-order valence-electron chi connectivity index (χ3n) is 21.1. The summed E-state index contributed by atoms with van der Waals surface area (Å²) in [6.45, 7) is 11.6. The topological polar surface area (TPSA) is 472 Å². The molecule has 4 fully saturated rings. The molecule has 0 aromatic carbocycles. The number of hydrogen-bond donors (Lipinski definition) is 4. The van der Waals surface area contributed by atoms with Crippen LogP contribution in [0.1, 0.15) is 250 Å². The maximum absolute atomic E-state index is 14.4. The lowest BCUT2D eigenvalue weighted by molar-refractivity contribution is -0.139. The van der Waals surface area contributed by atoms with Crippen LogP contribution in [0.4, 0.5) is 24.8 Å². The smallest absolute Gasteiger partial charge is 0.311 e. The van der Waals surface area contributed by atoms with Crippen LogP contribution in [-0.2, 0) is 107 Å². The minimum atomic E-state index is -1.18. The van der Waals surface area contributed by atoms with Crippen LogP contribution >= 0.6 is 22.6 Å². The molecular weight excluding hydrogens is 1790 g/mol. The summed E-state index contributed by atoms with van der Waals surface area (Å²) in [6, 6.07) is 26.4. The highest BCUT2D eigenvalue weighted by molar-refractivity contribution is 14.1. The van der Waals surface area contributed by atoms with Gasteiger partial charge in [0.2, 0.25) is 17.7 Å². The largest absolute Gasteiger partial charge is 0.469 e. The number of amides is 3. The molecule has 130 heavy (non-hydrogen) atoms. The summed E-state index contributed by atoms with van der Waals surface area (Å²) in [5.74, 6) is 1.20. The van der Waals surface area contributed by atoms with Crippen molar-refractivity contribution in [2.75, 3.05) is 70.6 Å². The van der Waals surface area contributed by atoms with E-state index in [0.29, 0.717) is 103 Å². The van der Waals surface area contributed by atoms with Crippen molar-refractivity contribution in [1.82, 2.24) is 102 Å². The maximum Gasteiger partial charge on any atom is 0.311 e. The molecule has 0 spiro atoms. The molecule has 14 heterocycles. The Balaban J connectivity index is 0.000000258. The van der Waals surface area contributed by atoms with E-state index in [1.54, 1.807) is 69.8 Å². The van der Waals surface area contributed by atoms with E-state index in [9.17, 15) is 46.7 Å². The Morgan fingerprint density at radius 1 is 0.415 bits per heavy atom. The molecule has 3 amide bonds. The second-order valence-corrected chi connectivity index (χ2v) is 31.7. The van der Waals surface area contributed by atoms with Gasteiger partial charge < -0.3 is 46.2 Å². The van der Waals surface area contributed by atoms with Gasteiger partial charge in [0.05, 0.1) is 93.8 Å². The summed E-state index contributed by atoms with van der Waals surface area (Å²) in [5.41, 5.74) is 15.7. The molecule has 39 heteroatoms. The van der Waals surface area contributed by atoms with Gasteiger partial charge in [0, 0.05) is 114 Å². The number of ether oxygens (including phenoxy) is 5. The highest BCUT2D eigenvalue weighted by atomic mass is 127. The van der Waals surface area contributed by atoms with E-state index in [-0.39, 0.29) is 145 Å². The molecule has 0 radical (unpaired) electrons. The summed E-state index contributed by atoms with van der Waals surface area (Å²) in [4.78, 5) is 98.6. The molecule has 35 nitrogen and oxygen atoms in total. The van der Waals surface area contributed by atoms with Crippen molar-refractivity contribution in [3.8, 4) is 0 Å². The van der Waals surface area contributed by atoms with Gasteiger partial charge in [0.25, 0.3) is 0 Å². The first-order valence-electron chi connectivity index (χ1n) is 42.5. The molecule has 10 aromatic rings. The van der Waals surface area contributed by atoms with Crippen LogP contribution in [0.25, 0.3) is 0 Å². The number of halogens is 4. The Morgan fingerprint density at radius 3 is 0.977 bits per heavy atom. The van der Waals surface area contributed by atoms with Crippen LogP contribution in [0.5, 0.6) is 0 Å².